The van der Waals surface area contributed by atoms with Gasteiger partial charge in [0.15, 0.2) is 0 Å². The zero-order chi connectivity index (χ0) is 14.9. The van der Waals surface area contributed by atoms with Crippen LogP contribution in [-0.4, -0.2) is 25.8 Å². The Labute approximate surface area is 128 Å². The molecule has 3 nitrogen and oxygen atoms in total. The number of nitrogens with one attached hydrogen (secondary N) is 1. The molecule has 0 amide bonds. The minimum absolute atomic E-state index is 0.0319. The van der Waals surface area contributed by atoms with Crippen LogP contribution in [0, 0.1) is 12.8 Å². The summed E-state index contributed by atoms with van der Waals surface area (Å²) < 4.78 is 12.1. The summed E-state index contributed by atoms with van der Waals surface area (Å²) in [4.78, 5) is 0. The first-order valence-electron chi connectivity index (χ1n) is 8.15. The lowest BCUT2D eigenvalue weighted by Gasteiger charge is -2.45. The van der Waals surface area contributed by atoms with Crippen LogP contribution >= 0.6 is 0 Å². The fourth-order valence-electron chi connectivity index (χ4n) is 3.68. The SMILES string of the molecule is COc1ccc(C)cc1C1CNCC2(CCC(C)CC2)O1. The van der Waals surface area contributed by atoms with Crippen molar-refractivity contribution in [3.05, 3.63) is 29.3 Å². The first-order valence-corrected chi connectivity index (χ1v) is 8.15. The lowest BCUT2D eigenvalue weighted by molar-refractivity contribution is -0.140. The highest BCUT2D eigenvalue weighted by Gasteiger charge is 2.40. The topological polar surface area (TPSA) is 30.5 Å². The van der Waals surface area contributed by atoms with E-state index in [9.17, 15) is 0 Å². The van der Waals surface area contributed by atoms with E-state index in [2.05, 4.69) is 37.4 Å². The molecule has 1 heterocycles. The Morgan fingerprint density at radius 3 is 2.76 bits per heavy atom. The van der Waals surface area contributed by atoms with Crippen LogP contribution < -0.4 is 10.1 Å². The van der Waals surface area contributed by atoms with Crippen molar-refractivity contribution in [1.82, 2.24) is 5.32 Å². The second kappa shape index (κ2) is 5.98. The molecular weight excluding hydrogens is 262 g/mol. The van der Waals surface area contributed by atoms with E-state index in [-0.39, 0.29) is 11.7 Å². The molecular formula is C18H27NO2. The lowest BCUT2D eigenvalue weighted by atomic mass is 9.78. The molecule has 1 saturated carbocycles. The molecule has 1 aromatic carbocycles. The monoisotopic (exact) mass is 289 g/mol. The third-order valence-electron chi connectivity index (χ3n) is 5.09. The fraction of sp³-hybridized carbons (Fsp3) is 0.667. The van der Waals surface area contributed by atoms with Crippen molar-refractivity contribution < 1.29 is 9.47 Å². The second-order valence-electron chi connectivity index (χ2n) is 6.85. The van der Waals surface area contributed by atoms with Gasteiger partial charge in [-0.05, 0) is 50.7 Å². The maximum atomic E-state index is 6.60. The van der Waals surface area contributed by atoms with Gasteiger partial charge in [0, 0.05) is 18.7 Å². The number of benzene rings is 1. The van der Waals surface area contributed by atoms with E-state index in [1.54, 1.807) is 7.11 Å². The van der Waals surface area contributed by atoms with Crippen LogP contribution in [0.15, 0.2) is 18.2 Å². The molecule has 0 aromatic heterocycles. The number of morpholine rings is 1. The molecule has 1 spiro atoms. The molecule has 0 radical (unpaired) electrons. The molecule has 0 bridgehead atoms. The average Bonchev–Trinajstić information content (AvgIpc) is 2.51. The summed E-state index contributed by atoms with van der Waals surface area (Å²) in [6.07, 6.45) is 5.00. The molecule has 1 aliphatic carbocycles. The summed E-state index contributed by atoms with van der Waals surface area (Å²) in [6, 6.07) is 6.35. The highest BCUT2D eigenvalue weighted by molar-refractivity contribution is 5.39. The summed E-state index contributed by atoms with van der Waals surface area (Å²) in [6.45, 7) is 6.34. The van der Waals surface area contributed by atoms with Crippen LogP contribution in [-0.2, 0) is 4.74 Å². The molecule has 116 valence electrons. The first kappa shape index (κ1) is 14.9. The van der Waals surface area contributed by atoms with Gasteiger partial charge in [-0.3, -0.25) is 0 Å². The van der Waals surface area contributed by atoms with Crippen LogP contribution in [0.25, 0.3) is 0 Å². The summed E-state index contributed by atoms with van der Waals surface area (Å²) >= 11 is 0. The molecule has 1 aliphatic heterocycles. The zero-order valence-corrected chi connectivity index (χ0v) is 13.4. The molecule has 1 N–H and O–H groups in total. The largest absolute Gasteiger partial charge is 0.496 e. The highest BCUT2D eigenvalue weighted by Crippen LogP contribution is 2.41. The van der Waals surface area contributed by atoms with Gasteiger partial charge in [-0.2, -0.15) is 0 Å². The van der Waals surface area contributed by atoms with Crippen LogP contribution in [0.4, 0.5) is 0 Å². The predicted molar refractivity (Wildman–Crippen MR) is 84.8 cm³/mol. The number of hydrogen-bond acceptors (Lipinski definition) is 3. The van der Waals surface area contributed by atoms with Crippen LogP contribution in [0.1, 0.15) is 49.8 Å². The van der Waals surface area contributed by atoms with Crippen molar-refractivity contribution in [3.8, 4) is 5.75 Å². The summed E-state index contributed by atoms with van der Waals surface area (Å²) in [5, 5.41) is 3.60. The number of ether oxygens (including phenoxy) is 2. The van der Waals surface area contributed by atoms with Gasteiger partial charge in [-0.25, -0.2) is 0 Å². The Hall–Kier alpha value is -1.06. The van der Waals surface area contributed by atoms with Gasteiger partial charge < -0.3 is 14.8 Å². The van der Waals surface area contributed by atoms with Gasteiger partial charge >= 0.3 is 0 Å². The van der Waals surface area contributed by atoms with E-state index in [1.165, 1.54) is 36.8 Å². The van der Waals surface area contributed by atoms with Gasteiger partial charge in [0.1, 0.15) is 5.75 Å². The Morgan fingerprint density at radius 1 is 1.29 bits per heavy atom. The Balaban J connectivity index is 1.81. The normalized spacial score (nSPS) is 33.1. The Kier molecular flexibility index (Phi) is 4.23. The van der Waals surface area contributed by atoms with Crippen molar-refractivity contribution >= 4 is 0 Å². The number of rotatable bonds is 2. The van der Waals surface area contributed by atoms with E-state index in [0.717, 1.165) is 24.8 Å². The van der Waals surface area contributed by atoms with Crippen LogP contribution in [0.2, 0.25) is 0 Å². The summed E-state index contributed by atoms with van der Waals surface area (Å²) in [5.74, 6) is 1.78. The van der Waals surface area contributed by atoms with Gasteiger partial charge in [0.2, 0.25) is 0 Å². The van der Waals surface area contributed by atoms with Crippen molar-refractivity contribution in [2.75, 3.05) is 20.2 Å². The minimum atomic E-state index is 0.0319. The van der Waals surface area contributed by atoms with Gasteiger partial charge in [0.25, 0.3) is 0 Å². The van der Waals surface area contributed by atoms with E-state index in [1.807, 2.05) is 0 Å². The van der Waals surface area contributed by atoms with E-state index in [0.29, 0.717) is 0 Å². The van der Waals surface area contributed by atoms with E-state index < -0.39 is 0 Å². The van der Waals surface area contributed by atoms with Crippen molar-refractivity contribution in [2.24, 2.45) is 5.92 Å². The molecule has 2 aliphatic rings. The molecule has 1 saturated heterocycles. The van der Waals surface area contributed by atoms with Crippen LogP contribution in [0.3, 0.4) is 0 Å². The minimum Gasteiger partial charge on any atom is -0.496 e. The standard InChI is InChI=1S/C18H27NO2/c1-13-6-8-18(9-7-13)12-19-11-17(21-18)15-10-14(2)4-5-16(15)20-3/h4-5,10,13,17,19H,6-9,11-12H2,1-3H3. The maximum absolute atomic E-state index is 6.60. The molecule has 1 aromatic rings. The van der Waals surface area contributed by atoms with Crippen LogP contribution in [0.5, 0.6) is 5.75 Å². The number of hydrogen-bond donors (Lipinski definition) is 1. The summed E-state index contributed by atoms with van der Waals surface area (Å²) in [5.41, 5.74) is 2.47. The summed E-state index contributed by atoms with van der Waals surface area (Å²) in [7, 11) is 1.74. The predicted octanol–water partition coefficient (Wildman–Crippen LogP) is 3.61. The third-order valence-corrected chi connectivity index (χ3v) is 5.09. The third kappa shape index (κ3) is 3.09. The van der Waals surface area contributed by atoms with Gasteiger partial charge in [-0.1, -0.05) is 18.6 Å². The molecule has 3 heteroatoms. The van der Waals surface area contributed by atoms with E-state index >= 15 is 0 Å². The first-order chi connectivity index (χ1) is 10.1. The highest BCUT2D eigenvalue weighted by atomic mass is 16.5. The van der Waals surface area contributed by atoms with Crippen molar-refractivity contribution in [2.45, 2.75) is 51.2 Å². The fourth-order valence-corrected chi connectivity index (χ4v) is 3.68. The molecule has 3 rings (SSSR count). The Morgan fingerprint density at radius 2 is 2.05 bits per heavy atom. The molecule has 21 heavy (non-hydrogen) atoms. The smallest absolute Gasteiger partial charge is 0.124 e. The van der Waals surface area contributed by atoms with Crippen molar-refractivity contribution in [1.29, 1.82) is 0 Å². The Bertz CT molecular complexity index is 492. The zero-order valence-electron chi connectivity index (χ0n) is 13.4. The quantitative estimate of drug-likeness (QED) is 0.902. The number of aryl methyl sites for hydroxylation is 1. The van der Waals surface area contributed by atoms with E-state index in [4.69, 9.17) is 9.47 Å². The molecule has 2 fully saturated rings. The molecule has 1 atom stereocenters. The second-order valence-corrected chi connectivity index (χ2v) is 6.85. The maximum Gasteiger partial charge on any atom is 0.124 e. The van der Waals surface area contributed by atoms with Crippen molar-refractivity contribution in [3.63, 3.8) is 0 Å². The average molecular weight is 289 g/mol. The van der Waals surface area contributed by atoms with Gasteiger partial charge in [-0.15, -0.1) is 0 Å². The molecule has 1 unspecified atom stereocenters. The van der Waals surface area contributed by atoms with Gasteiger partial charge in [0.05, 0.1) is 18.8 Å². The number of methoxy groups -OCH3 is 1. The lowest BCUT2D eigenvalue weighted by Crippen LogP contribution is -2.52.